The number of carbonyl (C=O) groups is 1. The smallest absolute Gasteiger partial charge is 0.135 e. The predicted molar refractivity (Wildman–Crippen MR) is 53.0 cm³/mol. The monoisotopic (exact) mass is 184 g/mol. The summed E-state index contributed by atoms with van der Waals surface area (Å²) in [4.78, 5) is 11.3. The first-order chi connectivity index (χ1) is 6.34. The van der Waals surface area contributed by atoms with Gasteiger partial charge in [0.2, 0.25) is 0 Å². The molecule has 0 atom stereocenters. The van der Waals surface area contributed by atoms with Crippen LogP contribution in [0.5, 0.6) is 0 Å². The largest absolute Gasteiger partial charge is 0.299 e. The summed E-state index contributed by atoms with van der Waals surface area (Å²) in [6, 6.07) is 0. The van der Waals surface area contributed by atoms with Crippen molar-refractivity contribution in [2.75, 3.05) is 6.54 Å². The Morgan fingerprint density at radius 3 is 2.54 bits per heavy atom. The number of unbranched alkanes of at least 4 members (excludes halogenated alkanes) is 3. The van der Waals surface area contributed by atoms with E-state index in [1.807, 2.05) is 0 Å². The van der Waals surface area contributed by atoms with Crippen molar-refractivity contribution in [3.63, 3.8) is 0 Å². The molecule has 0 amide bonds. The number of nitrogens with one attached hydrogen (secondary N) is 1. The standard InChI is InChI=1S/C10H20N2O/c11-12-8-4-2-1-3-5-10(13)9-6-7-9/h9,12H,1-8,11H2. The summed E-state index contributed by atoms with van der Waals surface area (Å²) < 4.78 is 0. The number of ketones is 1. The second-order valence-electron chi connectivity index (χ2n) is 3.86. The van der Waals surface area contributed by atoms with Crippen molar-refractivity contribution in [2.24, 2.45) is 11.8 Å². The molecule has 3 nitrogen and oxygen atoms in total. The van der Waals surface area contributed by atoms with Gasteiger partial charge in [-0.2, -0.15) is 0 Å². The fourth-order valence-corrected chi connectivity index (χ4v) is 1.49. The van der Waals surface area contributed by atoms with Gasteiger partial charge in [-0.05, 0) is 25.7 Å². The van der Waals surface area contributed by atoms with Crippen molar-refractivity contribution in [2.45, 2.75) is 44.9 Å². The fraction of sp³-hybridized carbons (Fsp3) is 0.900. The lowest BCUT2D eigenvalue weighted by molar-refractivity contribution is -0.120. The molecular weight excluding hydrogens is 164 g/mol. The second kappa shape index (κ2) is 6.11. The number of hydrazine groups is 1. The number of hydrogen-bond acceptors (Lipinski definition) is 3. The zero-order valence-corrected chi connectivity index (χ0v) is 8.22. The Hall–Kier alpha value is -0.410. The van der Waals surface area contributed by atoms with Crippen LogP contribution in [0.1, 0.15) is 44.9 Å². The first kappa shape index (κ1) is 10.7. The van der Waals surface area contributed by atoms with E-state index in [0.717, 1.165) is 38.6 Å². The van der Waals surface area contributed by atoms with Gasteiger partial charge in [0.05, 0.1) is 0 Å². The first-order valence-electron chi connectivity index (χ1n) is 5.31. The van der Waals surface area contributed by atoms with Gasteiger partial charge in [-0.1, -0.05) is 12.8 Å². The molecule has 0 aromatic carbocycles. The number of nitrogens with two attached hydrogens (primary N) is 1. The summed E-state index contributed by atoms with van der Waals surface area (Å²) in [5.74, 6) is 6.08. The number of carbonyl (C=O) groups excluding carboxylic acids is 1. The van der Waals surface area contributed by atoms with E-state index < -0.39 is 0 Å². The maximum atomic E-state index is 11.3. The molecule has 0 unspecified atom stereocenters. The van der Waals surface area contributed by atoms with Crippen molar-refractivity contribution < 1.29 is 4.79 Å². The van der Waals surface area contributed by atoms with Crippen LogP contribution >= 0.6 is 0 Å². The molecule has 1 saturated carbocycles. The highest BCUT2D eigenvalue weighted by atomic mass is 16.1. The lowest BCUT2D eigenvalue weighted by Gasteiger charge is -2.00. The summed E-state index contributed by atoms with van der Waals surface area (Å²) in [5, 5.41) is 0. The summed E-state index contributed by atoms with van der Waals surface area (Å²) in [6.07, 6.45) is 7.64. The quantitative estimate of drug-likeness (QED) is 0.340. The molecule has 3 heteroatoms. The van der Waals surface area contributed by atoms with E-state index >= 15 is 0 Å². The first-order valence-corrected chi connectivity index (χ1v) is 5.31. The molecule has 3 N–H and O–H groups in total. The molecule has 13 heavy (non-hydrogen) atoms. The lowest BCUT2D eigenvalue weighted by Crippen LogP contribution is -2.22. The van der Waals surface area contributed by atoms with Crippen molar-refractivity contribution in [1.82, 2.24) is 5.43 Å². The molecular formula is C10H20N2O. The van der Waals surface area contributed by atoms with Gasteiger partial charge in [0.15, 0.2) is 0 Å². The minimum atomic E-state index is 0.450. The topological polar surface area (TPSA) is 55.1 Å². The van der Waals surface area contributed by atoms with Crippen LogP contribution in [0, 0.1) is 5.92 Å². The second-order valence-corrected chi connectivity index (χ2v) is 3.86. The van der Waals surface area contributed by atoms with Crippen LogP contribution in [-0.2, 0) is 4.79 Å². The van der Waals surface area contributed by atoms with Crippen molar-refractivity contribution >= 4 is 5.78 Å². The Kier molecular flexibility index (Phi) is 5.01. The average molecular weight is 184 g/mol. The molecule has 0 aromatic rings. The third-order valence-corrected chi connectivity index (χ3v) is 2.53. The molecule has 1 fully saturated rings. The Morgan fingerprint density at radius 2 is 1.92 bits per heavy atom. The summed E-state index contributed by atoms with van der Waals surface area (Å²) in [6.45, 7) is 0.885. The van der Waals surface area contributed by atoms with Gasteiger partial charge in [-0.15, -0.1) is 0 Å². The number of hydrogen-bond donors (Lipinski definition) is 2. The Morgan fingerprint density at radius 1 is 1.23 bits per heavy atom. The molecule has 0 radical (unpaired) electrons. The van der Waals surface area contributed by atoms with Gasteiger partial charge >= 0.3 is 0 Å². The fourth-order valence-electron chi connectivity index (χ4n) is 1.49. The van der Waals surface area contributed by atoms with Crippen LogP contribution in [-0.4, -0.2) is 12.3 Å². The maximum Gasteiger partial charge on any atom is 0.135 e. The summed E-state index contributed by atoms with van der Waals surface area (Å²) in [7, 11) is 0. The van der Waals surface area contributed by atoms with Crippen LogP contribution in [0.2, 0.25) is 0 Å². The van der Waals surface area contributed by atoms with Crippen LogP contribution < -0.4 is 11.3 Å². The zero-order chi connectivity index (χ0) is 9.52. The van der Waals surface area contributed by atoms with Crippen LogP contribution in [0.3, 0.4) is 0 Å². The molecule has 1 aliphatic carbocycles. The molecule has 76 valence electrons. The van der Waals surface area contributed by atoms with E-state index in [9.17, 15) is 4.79 Å². The van der Waals surface area contributed by atoms with Gasteiger partial charge < -0.3 is 0 Å². The minimum Gasteiger partial charge on any atom is -0.299 e. The lowest BCUT2D eigenvalue weighted by atomic mass is 10.1. The van der Waals surface area contributed by atoms with Gasteiger partial charge in [-0.25, -0.2) is 0 Å². The third-order valence-electron chi connectivity index (χ3n) is 2.53. The minimum absolute atomic E-state index is 0.450. The highest BCUT2D eigenvalue weighted by Gasteiger charge is 2.28. The van der Waals surface area contributed by atoms with Crippen molar-refractivity contribution in [3.05, 3.63) is 0 Å². The Labute approximate surface area is 80.0 Å². The molecule has 0 bridgehead atoms. The number of rotatable bonds is 8. The summed E-state index contributed by atoms with van der Waals surface area (Å²) >= 11 is 0. The summed E-state index contributed by atoms with van der Waals surface area (Å²) in [5.41, 5.74) is 2.63. The van der Waals surface area contributed by atoms with Gasteiger partial charge in [0, 0.05) is 18.9 Å². The third kappa shape index (κ3) is 5.01. The normalized spacial score (nSPS) is 16.1. The van der Waals surface area contributed by atoms with E-state index in [1.165, 1.54) is 12.8 Å². The molecule has 1 rings (SSSR count). The van der Waals surface area contributed by atoms with Gasteiger partial charge in [0.1, 0.15) is 5.78 Å². The molecule has 0 spiro atoms. The van der Waals surface area contributed by atoms with Crippen LogP contribution in [0.25, 0.3) is 0 Å². The number of Topliss-reactive ketones (excluding diaryl/α,β-unsaturated/α-hetero) is 1. The van der Waals surface area contributed by atoms with E-state index in [1.54, 1.807) is 0 Å². The zero-order valence-electron chi connectivity index (χ0n) is 8.22. The maximum absolute atomic E-state index is 11.3. The average Bonchev–Trinajstić information content (AvgIpc) is 2.93. The van der Waals surface area contributed by atoms with Crippen LogP contribution in [0.15, 0.2) is 0 Å². The van der Waals surface area contributed by atoms with E-state index in [2.05, 4.69) is 5.43 Å². The van der Waals surface area contributed by atoms with Gasteiger partial charge in [0.25, 0.3) is 0 Å². The molecule has 0 aromatic heterocycles. The SMILES string of the molecule is NNCCCCCCC(=O)C1CC1. The van der Waals surface area contributed by atoms with Crippen molar-refractivity contribution in [1.29, 1.82) is 0 Å². The van der Waals surface area contributed by atoms with Crippen molar-refractivity contribution in [3.8, 4) is 0 Å². The van der Waals surface area contributed by atoms with E-state index in [0.29, 0.717) is 11.7 Å². The molecule has 1 aliphatic rings. The van der Waals surface area contributed by atoms with Gasteiger partial charge in [-0.3, -0.25) is 16.1 Å². The highest BCUT2D eigenvalue weighted by molar-refractivity contribution is 5.82. The molecule has 0 heterocycles. The molecule has 0 aliphatic heterocycles. The van der Waals surface area contributed by atoms with E-state index in [4.69, 9.17) is 5.84 Å². The Balaban J connectivity index is 1.80. The predicted octanol–water partition coefficient (Wildman–Crippen LogP) is 1.38. The van der Waals surface area contributed by atoms with E-state index in [-0.39, 0.29) is 0 Å². The van der Waals surface area contributed by atoms with Crippen LogP contribution in [0.4, 0.5) is 0 Å². The molecule has 0 saturated heterocycles. The highest BCUT2D eigenvalue weighted by Crippen LogP contribution is 2.31. The Bertz CT molecular complexity index is 155.